The fourth-order valence-electron chi connectivity index (χ4n) is 2.14. The lowest BCUT2D eigenvalue weighted by Gasteiger charge is -2.25. The third-order valence-corrected chi connectivity index (χ3v) is 3.29. The van der Waals surface area contributed by atoms with Gasteiger partial charge in [-0.15, -0.1) is 0 Å². The molecule has 22 heavy (non-hydrogen) atoms. The number of halogens is 3. The van der Waals surface area contributed by atoms with Crippen molar-refractivity contribution in [1.29, 1.82) is 0 Å². The highest BCUT2D eigenvalue weighted by atomic mass is 19.4. The third-order valence-electron chi connectivity index (χ3n) is 3.29. The Kier molecular flexibility index (Phi) is 5.78. The van der Waals surface area contributed by atoms with E-state index < -0.39 is 41.7 Å². The molecule has 0 N–H and O–H groups in total. The van der Waals surface area contributed by atoms with Crippen LogP contribution in [0.3, 0.4) is 0 Å². The summed E-state index contributed by atoms with van der Waals surface area (Å²) < 4.78 is 38.5. The smallest absolute Gasteiger partial charge is 0.295 e. The van der Waals surface area contributed by atoms with Gasteiger partial charge in [-0.25, -0.2) is 0 Å². The Labute approximate surface area is 125 Å². The number of rotatable bonds is 5. The van der Waals surface area contributed by atoms with Gasteiger partial charge in [-0.05, 0) is 24.1 Å². The first-order valence-corrected chi connectivity index (χ1v) is 6.45. The van der Waals surface area contributed by atoms with Gasteiger partial charge in [0.1, 0.15) is 0 Å². The second kappa shape index (κ2) is 7.15. The third kappa shape index (κ3) is 4.64. The van der Waals surface area contributed by atoms with E-state index in [1.54, 1.807) is 0 Å². The lowest BCUT2D eigenvalue weighted by atomic mass is 9.82. The van der Waals surface area contributed by atoms with Crippen LogP contribution in [-0.4, -0.2) is 29.1 Å². The van der Waals surface area contributed by atoms with E-state index in [-0.39, 0.29) is 11.1 Å². The highest BCUT2D eigenvalue weighted by Crippen LogP contribution is 2.39. The zero-order valence-corrected chi connectivity index (χ0v) is 11.8. The maximum absolute atomic E-state index is 12.8. The number of alkyl halides is 3. The van der Waals surface area contributed by atoms with Crippen LogP contribution in [0, 0.1) is 16.0 Å². The summed E-state index contributed by atoms with van der Waals surface area (Å²) in [4.78, 5) is 25.5. The van der Waals surface area contributed by atoms with Crippen molar-refractivity contribution < 1.29 is 22.9 Å². The minimum absolute atomic E-state index is 0.0262. The average Bonchev–Trinajstić information content (AvgIpc) is 2.41. The largest absolute Gasteiger partial charge is 0.392 e. The van der Waals surface area contributed by atoms with Crippen molar-refractivity contribution in [2.45, 2.75) is 32.0 Å². The first kappa shape index (κ1) is 17.8. The van der Waals surface area contributed by atoms with Crippen molar-refractivity contribution in [2.75, 3.05) is 0 Å². The molecule has 0 saturated heterocycles. The summed E-state index contributed by atoms with van der Waals surface area (Å²) in [6.45, 7) is 4.57. The van der Waals surface area contributed by atoms with Gasteiger partial charge in [0.15, 0.2) is 5.78 Å². The van der Waals surface area contributed by atoms with E-state index >= 15 is 0 Å². The second-order valence-corrected chi connectivity index (χ2v) is 4.85. The van der Waals surface area contributed by atoms with Gasteiger partial charge in [-0.3, -0.25) is 19.9 Å². The zero-order chi connectivity index (χ0) is 16.9. The molecule has 0 heterocycles. The molecular formula is C14H15F3N2O3. The standard InChI is InChI=1S/C14H15F3N2O3/c1-3-18-5-4-13(9(2)19(21)22)10-6-11(14(15,16)17)8-12(20)7-10/h3-5,7,9,11H,1,6,8H2,2H3/b13-4+,18-5?. The van der Waals surface area contributed by atoms with Crippen molar-refractivity contribution in [3.05, 3.63) is 46.2 Å². The van der Waals surface area contributed by atoms with E-state index in [1.165, 1.54) is 25.4 Å². The van der Waals surface area contributed by atoms with Crippen LogP contribution in [0.2, 0.25) is 0 Å². The molecule has 0 aromatic heterocycles. The second-order valence-electron chi connectivity index (χ2n) is 4.85. The molecule has 0 bridgehead atoms. The summed E-state index contributed by atoms with van der Waals surface area (Å²) in [6.07, 6.45) is -0.931. The number of carbonyl (C=O) groups excluding carboxylic acids is 1. The molecular weight excluding hydrogens is 301 g/mol. The van der Waals surface area contributed by atoms with Gasteiger partial charge >= 0.3 is 6.18 Å². The molecule has 0 radical (unpaired) electrons. The molecule has 1 aliphatic carbocycles. The van der Waals surface area contributed by atoms with Crippen LogP contribution in [0.15, 0.2) is 41.1 Å². The number of allylic oxidation sites excluding steroid dienone is 2. The van der Waals surface area contributed by atoms with Gasteiger partial charge in [-0.2, -0.15) is 13.2 Å². The molecule has 2 atom stereocenters. The number of nitro groups is 1. The highest BCUT2D eigenvalue weighted by Gasteiger charge is 2.43. The Bertz CT molecular complexity index is 562. The van der Waals surface area contributed by atoms with E-state index in [0.29, 0.717) is 0 Å². The number of ketones is 1. The summed E-state index contributed by atoms with van der Waals surface area (Å²) >= 11 is 0. The predicted molar refractivity (Wildman–Crippen MR) is 75.1 cm³/mol. The molecule has 0 aliphatic heterocycles. The fraction of sp³-hybridized carbons (Fsp3) is 0.429. The number of hydrogen-bond donors (Lipinski definition) is 0. The van der Waals surface area contributed by atoms with Crippen molar-refractivity contribution >= 4 is 12.0 Å². The predicted octanol–water partition coefficient (Wildman–Crippen LogP) is 3.26. The normalized spacial score (nSPS) is 21.6. The van der Waals surface area contributed by atoms with Crippen LogP contribution in [0.5, 0.6) is 0 Å². The van der Waals surface area contributed by atoms with Gasteiger partial charge in [0.2, 0.25) is 6.04 Å². The first-order valence-electron chi connectivity index (χ1n) is 6.45. The molecule has 120 valence electrons. The average molecular weight is 316 g/mol. The molecule has 8 heteroatoms. The minimum Gasteiger partial charge on any atom is -0.295 e. The molecule has 0 spiro atoms. The Morgan fingerprint density at radius 3 is 2.68 bits per heavy atom. The van der Waals surface area contributed by atoms with Crippen LogP contribution in [0.1, 0.15) is 19.8 Å². The lowest BCUT2D eigenvalue weighted by Crippen LogP contribution is -2.30. The van der Waals surface area contributed by atoms with Gasteiger partial charge in [0.25, 0.3) is 0 Å². The summed E-state index contributed by atoms with van der Waals surface area (Å²) in [6, 6.07) is -1.25. The molecule has 0 amide bonds. The topological polar surface area (TPSA) is 72.6 Å². The number of nitrogens with zero attached hydrogens (tertiary/aromatic N) is 2. The summed E-state index contributed by atoms with van der Waals surface area (Å²) in [7, 11) is 0. The van der Waals surface area contributed by atoms with Gasteiger partial charge in [0, 0.05) is 36.3 Å². The molecule has 0 aromatic carbocycles. The van der Waals surface area contributed by atoms with Crippen LogP contribution in [0.25, 0.3) is 0 Å². The van der Waals surface area contributed by atoms with E-state index in [2.05, 4.69) is 11.6 Å². The maximum Gasteiger partial charge on any atom is 0.392 e. The van der Waals surface area contributed by atoms with Gasteiger partial charge in [0.05, 0.1) is 5.92 Å². The molecule has 5 nitrogen and oxygen atoms in total. The first-order chi connectivity index (χ1) is 10.2. The fourth-order valence-corrected chi connectivity index (χ4v) is 2.14. The van der Waals surface area contributed by atoms with Gasteiger partial charge < -0.3 is 0 Å². The van der Waals surface area contributed by atoms with Gasteiger partial charge in [-0.1, -0.05) is 6.58 Å². The molecule has 2 unspecified atom stereocenters. The SMILES string of the molecule is C=CN=C/C=C(/C1=CC(=O)CC(C(F)(F)F)C1)C(C)[N+](=O)[O-]. The molecule has 1 rings (SSSR count). The van der Waals surface area contributed by atoms with E-state index in [1.807, 2.05) is 0 Å². The van der Waals surface area contributed by atoms with Crippen LogP contribution < -0.4 is 0 Å². The number of hydrogen-bond acceptors (Lipinski definition) is 4. The van der Waals surface area contributed by atoms with Crippen molar-refractivity contribution in [3.63, 3.8) is 0 Å². The summed E-state index contributed by atoms with van der Waals surface area (Å²) in [5.74, 6) is -2.51. The number of carbonyl (C=O) groups is 1. The Hall–Kier alpha value is -2.25. The maximum atomic E-state index is 12.8. The van der Waals surface area contributed by atoms with Crippen LogP contribution in [-0.2, 0) is 4.79 Å². The molecule has 0 aromatic rings. The minimum atomic E-state index is -4.52. The molecule has 0 fully saturated rings. The van der Waals surface area contributed by atoms with E-state index in [4.69, 9.17) is 0 Å². The Morgan fingerprint density at radius 2 is 2.18 bits per heavy atom. The molecule has 0 saturated carbocycles. The lowest BCUT2D eigenvalue weighted by molar-refractivity contribution is -0.507. The summed E-state index contributed by atoms with van der Waals surface area (Å²) in [5, 5.41) is 10.9. The quantitative estimate of drug-likeness (QED) is 0.444. The summed E-state index contributed by atoms with van der Waals surface area (Å²) in [5.41, 5.74) is 0.0659. The Morgan fingerprint density at radius 1 is 1.55 bits per heavy atom. The Balaban J connectivity index is 3.21. The van der Waals surface area contributed by atoms with Crippen molar-refractivity contribution in [1.82, 2.24) is 0 Å². The highest BCUT2D eigenvalue weighted by molar-refractivity contribution is 5.92. The van der Waals surface area contributed by atoms with E-state index in [9.17, 15) is 28.1 Å². The zero-order valence-electron chi connectivity index (χ0n) is 11.8. The van der Waals surface area contributed by atoms with Crippen molar-refractivity contribution in [3.8, 4) is 0 Å². The van der Waals surface area contributed by atoms with Crippen molar-refractivity contribution in [2.24, 2.45) is 10.9 Å². The monoisotopic (exact) mass is 316 g/mol. The van der Waals surface area contributed by atoms with E-state index in [0.717, 1.165) is 6.08 Å². The van der Waals surface area contributed by atoms with Crippen LogP contribution in [0.4, 0.5) is 13.2 Å². The number of aliphatic imine (C=N–C) groups is 1. The van der Waals surface area contributed by atoms with Crippen LogP contribution >= 0.6 is 0 Å². The molecule has 1 aliphatic rings.